The van der Waals surface area contributed by atoms with E-state index in [0.717, 1.165) is 17.5 Å². The van der Waals surface area contributed by atoms with E-state index in [0.29, 0.717) is 24.3 Å². The normalized spacial score (nSPS) is 17.1. The summed E-state index contributed by atoms with van der Waals surface area (Å²) in [5.74, 6) is 0.117. The van der Waals surface area contributed by atoms with Gasteiger partial charge in [0.25, 0.3) is 10.0 Å². The molecule has 0 unspecified atom stereocenters. The van der Waals surface area contributed by atoms with Crippen LogP contribution in [0.15, 0.2) is 47.4 Å². The molecule has 1 heterocycles. The van der Waals surface area contributed by atoms with Crippen LogP contribution in [0.3, 0.4) is 0 Å². The fourth-order valence-corrected chi connectivity index (χ4v) is 5.84. The van der Waals surface area contributed by atoms with Crippen LogP contribution in [0.4, 0.5) is 11.4 Å². The first kappa shape index (κ1) is 18.7. The zero-order chi connectivity index (χ0) is 18.9. The van der Waals surface area contributed by atoms with Crippen LogP contribution in [0.2, 0.25) is 0 Å². The van der Waals surface area contributed by atoms with Crippen LogP contribution in [-0.4, -0.2) is 29.1 Å². The number of anilines is 2. The summed E-state index contributed by atoms with van der Waals surface area (Å²) in [6.07, 6.45) is 1.44. The molecule has 1 fully saturated rings. The monoisotopic (exact) mass is 394 g/mol. The second-order valence-corrected chi connectivity index (χ2v) is 10.2. The van der Waals surface area contributed by atoms with Crippen LogP contribution in [0.25, 0.3) is 0 Å². The molecule has 0 bridgehead atoms. The Hall–Kier alpha value is -2.06. The van der Waals surface area contributed by atoms with E-state index >= 15 is 0 Å². The van der Waals surface area contributed by atoms with E-state index in [1.807, 2.05) is 19.9 Å². The van der Waals surface area contributed by atoms with Gasteiger partial charge in [-0.25, -0.2) is 16.8 Å². The van der Waals surface area contributed by atoms with Gasteiger partial charge in [-0.05, 0) is 62.1 Å². The highest BCUT2D eigenvalue weighted by Crippen LogP contribution is 2.30. The Labute approximate surface area is 155 Å². The molecule has 1 saturated heterocycles. The molecule has 1 aliphatic rings. The summed E-state index contributed by atoms with van der Waals surface area (Å²) >= 11 is 0. The molecule has 3 rings (SSSR count). The zero-order valence-electron chi connectivity index (χ0n) is 14.8. The van der Waals surface area contributed by atoms with Gasteiger partial charge in [-0.2, -0.15) is 0 Å². The standard InChI is InChI=1S/C18H22N2O4S2/c1-14-6-5-7-17(12-14)26(23,24)19-16-9-8-15(2)18(13-16)20-10-3-4-11-25(20,21)22/h5-9,12-13,19H,3-4,10-11H2,1-2H3. The Kier molecular flexibility index (Phi) is 4.98. The predicted octanol–water partition coefficient (Wildman–Crippen LogP) is 3.03. The molecule has 0 saturated carbocycles. The molecule has 2 aromatic rings. The lowest BCUT2D eigenvalue weighted by Crippen LogP contribution is -2.38. The predicted molar refractivity (Wildman–Crippen MR) is 104 cm³/mol. The largest absolute Gasteiger partial charge is 0.280 e. The lowest BCUT2D eigenvalue weighted by atomic mass is 10.1. The molecule has 140 valence electrons. The van der Waals surface area contributed by atoms with Crippen molar-refractivity contribution in [3.63, 3.8) is 0 Å². The SMILES string of the molecule is Cc1cccc(S(=O)(=O)Nc2ccc(C)c(N3CCCCS3(=O)=O)c2)c1. The summed E-state index contributed by atoms with van der Waals surface area (Å²) in [7, 11) is -7.10. The van der Waals surface area contributed by atoms with Crippen molar-refractivity contribution in [1.82, 2.24) is 0 Å². The van der Waals surface area contributed by atoms with Crippen molar-refractivity contribution in [3.05, 3.63) is 53.6 Å². The molecule has 0 radical (unpaired) electrons. The lowest BCUT2D eigenvalue weighted by Gasteiger charge is -2.29. The number of sulfonamides is 2. The molecule has 26 heavy (non-hydrogen) atoms. The summed E-state index contributed by atoms with van der Waals surface area (Å²) < 4.78 is 53.9. The summed E-state index contributed by atoms with van der Waals surface area (Å²) in [6, 6.07) is 11.6. The molecule has 0 atom stereocenters. The molecule has 2 aromatic carbocycles. The first-order valence-corrected chi connectivity index (χ1v) is 11.5. The maximum absolute atomic E-state index is 12.6. The summed E-state index contributed by atoms with van der Waals surface area (Å²) in [5, 5.41) is 0. The highest BCUT2D eigenvalue weighted by molar-refractivity contribution is 7.93. The van der Waals surface area contributed by atoms with E-state index in [9.17, 15) is 16.8 Å². The molecule has 8 heteroatoms. The second-order valence-electron chi connectivity index (χ2n) is 6.52. The molecule has 6 nitrogen and oxygen atoms in total. The van der Waals surface area contributed by atoms with Crippen molar-refractivity contribution in [2.24, 2.45) is 0 Å². The van der Waals surface area contributed by atoms with Gasteiger partial charge in [-0.1, -0.05) is 18.2 Å². The first-order valence-electron chi connectivity index (χ1n) is 8.40. The van der Waals surface area contributed by atoms with Crippen molar-refractivity contribution in [2.45, 2.75) is 31.6 Å². The van der Waals surface area contributed by atoms with Gasteiger partial charge in [0.2, 0.25) is 10.0 Å². The maximum Gasteiger partial charge on any atom is 0.261 e. The van der Waals surface area contributed by atoms with Crippen molar-refractivity contribution in [1.29, 1.82) is 0 Å². The number of aryl methyl sites for hydroxylation is 2. The molecule has 1 N–H and O–H groups in total. The first-order chi connectivity index (χ1) is 12.2. The minimum atomic E-state index is -3.74. The van der Waals surface area contributed by atoms with Crippen molar-refractivity contribution < 1.29 is 16.8 Å². The Morgan fingerprint density at radius 3 is 2.50 bits per heavy atom. The second kappa shape index (κ2) is 6.92. The van der Waals surface area contributed by atoms with E-state index in [-0.39, 0.29) is 10.6 Å². The quantitative estimate of drug-likeness (QED) is 0.864. The molecule has 0 aliphatic carbocycles. The Bertz CT molecular complexity index is 1030. The zero-order valence-corrected chi connectivity index (χ0v) is 16.4. The van der Waals surface area contributed by atoms with Crippen molar-refractivity contribution in [2.75, 3.05) is 21.3 Å². The van der Waals surface area contributed by atoms with Crippen LogP contribution >= 0.6 is 0 Å². The van der Waals surface area contributed by atoms with Crippen LogP contribution in [0.1, 0.15) is 24.0 Å². The summed E-state index contributed by atoms with van der Waals surface area (Å²) in [5.41, 5.74) is 2.49. The van der Waals surface area contributed by atoms with Gasteiger partial charge in [0.05, 0.1) is 22.0 Å². The molecule has 0 aromatic heterocycles. The Morgan fingerprint density at radius 2 is 1.81 bits per heavy atom. The van der Waals surface area contributed by atoms with Crippen LogP contribution in [0, 0.1) is 13.8 Å². The van der Waals surface area contributed by atoms with E-state index in [2.05, 4.69) is 4.72 Å². The molecule has 0 amide bonds. The third kappa shape index (κ3) is 3.86. The van der Waals surface area contributed by atoms with Crippen LogP contribution < -0.4 is 9.03 Å². The van der Waals surface area contributed by atoms with Gasteiger partial charge in [-0.15, -0.1) is 0 Å². The maximum atomic E-state index is 12.6. The van der Waals surface area contributed by atoms with E-state index in [4.69, 9.17) is 0 Å². The number of rotatable bonds is 4. The van der Waals surface area contributed by atoms with Gasteiger partial charge >= 0.3 is 0 Å². The average molecular weight is 395 g/mol. The molecule has 0 spiro atoms. The molecular weight excluding hydrogens is 372 g/mol. The van der Waals surface area contributed by atoms with Crippen LogP contribution in [-0.2, 0) is 20.0 Å². The summed E-state index contributed by atoms with van der Waals surface area (Å²) in [4.78, 5) is 0.171. The minimum Gasteiger partial charge on any atom is -0.280 e. The van der Waals surface area contributed by atoms with Gasteiger partial charge in [-0.3, -0.25) is 9.03 Å². The van der Waals surface area contributed by atoms with Crippen molar-refractivity contribution >= 4 is 31.4 Å². The molecule has 1 aliphatic heterocycles. The van der Waals surface area contributed by atoms with Crippen LogP contribution in [0.5, 0.6) is 0 Å². The third-order valence-electron chi connectivity index (χ3n) is 4.38. The average Bonchev–Trinajstić information content (AvgIpc) is 2.56. The summed E-state index contributed by atoms with van der Waals surface area (Å²) in [6.45, 7) is 4.06. The third-order valence-corrected chi connectivity index (χ3v) is 7.61. The minimum absolute atomic E-state index is 0.117. The number of hydrogen-bond donors (Lipinski definition) is 1. The Morgan fingerprint density at radius 1 is 1.04 bits per heavy atom. The smallest absolute Gasteiger partial charge is 0.261 e. The fourth-order valence-electron chi connectivity index (χ4n) is 3.00. The fraction of sp³-hybridized carbons (Fsp3) is 0.333. The highest BCUT2D eigenvalue weighted by atomic mass is 32.2. The Balaban J connectivity index is 1.95. The van der Waals surface area contributed by atoms with Gasteiger partial charge in [0.1, 0.15) is 0 Å². The number of nitrogens with zero attached hydrogens (tertiary/aromatic N) is 1. The number of hydrogen-bond acceptors (Lipinski definition) is 4. The van der Waals surface area contributed by atoms with Crippen molar-refractivity contribution in [3.8, 4) is 0 Å². The van der Waals surface area contributed by atoms with Gasteiger partial charge < -0.3 is 0 Å². The van der Waals surface area contributed by atoms with E-state index in [1.54, 1.807) is 30.3 Å². The van der Waals surface area contributed by atoms with E-state index in [1.165, 1.54) is 10.4 Å². The molecular formula is C18H22N2O4S2. The number of benzene rings is 2. The number of nitrogens with one attached hydrogen (secondary N) is 1. The van der Waals surface area contributed by atoms with Gasteiger partial charge in [0.15, 0.2) is 0 Å². The van der Waals surface area contributed by atoms with Gasteiger partial charge in [0, 0.05) is 6.54 Å². The highest BCUT2D eigenvalue weighted by Gasteiger charge is 2.27. The topological polar surface area (TPSA) is 83.6 Å². The van der Waals surface area contributed by atoms with E-state index < -0.39 is 20.0 Å². The lowest BCUT2D eigenvalue weighted by molar-refractivity contribution is 0.574.